The first-order valence-electron chi connectivity index (χ1n) is 8.83. The number of anilines is 1. The number of nitrogens with one attached hydrogen (secondary N) is 1. The molecule has 3 rings (SSSR count). The molecule has 0 fully saturated rings. The summed E-state index contributed by atoms with van der Waals surface area (Å²) in [6.45, 7) is 4.29. The van der Waals surface area contributed by atoms with Crippen LogP contribution in [0.5, 0.6) is 0 Å². The molecule has 0 saturated heterocycles. The van der Waals surface area contributed by atoms with E-state index in [1.54, 1.807) is 4.52 Å². The van der Waals surface area contributed by atoms with Gasteiger partial charge in [-0.1, -0.05) is 30.3 Å². The SMILES string of the molecule is Cc1nc2nc(N)nn2c(C)c1CC(=O)NCC(c1ccccc1)N(C)C. The molecular formula is C19H25N7O. The fourth-order valence-corrected chi connectivity index (χ4v) is 3.19. The predicted molar refractivity (Wildman–Crippen MR) is 104 cm³/mol. The number of carbonyl (C=O) groups is 1. The molecule has 0 aliphatic rings. The quantitative estimate of drug-likeness (QED) is 0.681. The van der Waals surface area contributed by atoms with Crippen LogP contribution < -0.4 is 11.1 Å². The monoisotopic (exact) mass is 367 g/mol. The lowest BCUT2D eigenvalue weighted by molar-refractivity contribution is -0.120. The second-order valence-corrected chi connectivity index (χ2v) is 6.81. The third kappa shape index (κ3) is 4.06. The molecule has 1 aromatic carbocycles. The molecule has 1 unspecified atom stereocenters. The number of aryl methyl sites for hydroxylation is 2. The minimum atomic E-state index is -0.0572. The molecule has 142 valence electrons. The van der Waals surface area contributed by atoms with Crippen molar-refractivity contribution in [2.75, 3.05) is 26.4 Å². The van der Waals surface area contributed by atoms with Gasteiger partial charge in [0.1, 0.15) is 0 Å². The molecule has 0 saturated carbocycles. The van der Waals surface area contributed by atoms with Gasteiger partial charge in [-0.05, 0) is 33.5 Å². The summed E-state index contributed by atoms with van der Waals surface area (Å²) in [5.41, 5.74) is 9.24. The van der Waals surface area contributed by atoms with Crippen molar-refractivity contribution in [1.29, 1.82) is 0 Å². The first-order valence-corrected chi connectivity index (χ1v) is 8.83. The summed E-state index contributed by atoms with van der Waals surface area (Å²) in [7, 11) is 4.01. The highest BCUT2D eigenvalue weighted by Gasteiger charge is 2.18. The number of nitrogen functional groups attached to an aromatic ring is 1. The van der Waals surface area contributed by atoms with Crippen molar-refractivity contribution in [3.63, 3.8) is 0 Å². The van der Waals surface area contributed by atoms with Crippen LogP contribution in [0.25, 0.3) is 5.78 Å². The first-order chi connectivity index (χ1) is 12.9. The maximum atomic E-state index is 12.6. The lowest BCUT2D eigenvalue weighted by atomic mass is 10.1. The van der Waals surface area contributed by atoms with Crippen molar-refractivity contribution in [3.05, 3.63) is 52.8 Å². The zero-order valence-corrected chi connectivity index (χ0v) is 16.1. The van der Waals surface area contributed by atoms with Gasteiger partial charge in [0.15, 0.2) is 0 Å². The zero-order valence-electron chi connectivity index (χ0n) is 16.1. The van der Waals surface area contributed by atoms with Gasteiger partial charge < -0.3 is 16.0 Å². The summed E-state index contributed by atoms with van der Waals surface area (Å²) >= 11 is 0. The Hall–Kier alpha value is -3.00. The molecule has 8 nitrogen and oxygen atoms in total. The van der Waals surface area contributed by atoms with Gasteiger partial charge in [-0.3, -0.25) is 4.79 Å². The van der Waals surface area contributed by atoms with E-state index in [0.29, 0.717) is 12.3 Å². The number of nitrogens with two attached hydrogens (primary N) is 1. The van der Waals surface area contributed by atoms with Crippen LogP contribution in [-0.4, -0.2) is 51.0 Å². The predicted octanol–water partition coefficient (Wildman–Crippen LogP) is 1.28. The van der Waals surface area contributed by atoms with Crippen LogP contribution in [0, 0.1) is 13.8 Å². The van der Waals surface area contributed by atoms with E-state index >= 15 is 0 Å². The second kappa shape index (κ2) is 7.71. The van der Waals surface area contributed by atoms with E-state index < -0.39 is 0 Å². The van der Waals surface area contributed by atoms with Crippen molar-refractivity contribution in [3.8, 4) is 0 Å². The Bertz CT molecular complexity index is 950. The van der Waals surface area contributed by atoms with Crippen LogP contribution in [0.15, 0.2) is 30.3 Å². The van der Waals surface area contributed by atoms with Crippen molar-refractivity contribution in [1.82, 2.24) is 29.8 Å². The number of hydrogen-bond donors (Lipinski definition) is 2. The van der Waals surface area contributed by atoms with Crippen molar-refractivity contribution < 1.29 is 4.79 Å². The van der Waals surface area contributed by atoms with E-state index in [2.05, 4.69) is 37.4 Å². The topological polar surface area (TPSA) is 101 Å². The number of hydrogen-bond acceptors (Lipinski definition) is 6. The van der Waals surface area contributed by atoms with Crippen LogP contribution in [0.2, 0.25) is 0 Å². The minimum Gasteiger partial charge on any atom is -0.366 e. The van der Waals surface area contributed by atoms with Crippen molar-refractivity contribution >= 4 is 17.6 Å². The van der Waals surface area contributed by atoms with Gasteiger partial charge in [-0.2, -0.15) is 9.50 Å². The molecule has 1 amide bonds. The highest BCUT2D eigenvalue weighted by molar-refractivity contribution is 5.79. The summed E-state index contributed by atoms with van der Waals surface area (Å²) in [6, 6.07) is 10.2. The molecule has 3 aromatic rings. The van der Waals surface area contributed by atoms with Gasteiger partial charge in [0.25, 0.3) is 5.78 Å². The van der Waals surface area contributed by atoms with Crippen molar-refractivity contribution in [2.24, 2.45) is 0 Å². The lowest BCUT2D eigenvalue weighted by Crippen LogP contribution is -2.35. The Morgan fingerprint density at radius 2 is 1.93 bits per heavy atom. The molecule has 8 heteroatoms. The molecule has 0 spiro atoms. The number of rotatable bonds is 6. The molecule has 0 radical (unpaired) electrons. The number of likely N-dealkylation sites (N-methyl/N-ethyl adjacent to an activating group) is 1. The molecule has 1 atom stereocenters. The van der Waals surface area contributed by atoms with Crippen LogP contribution >= 0.6 is 0 Å². The molecule has 0 aliphatic heterocycles. The Morgan fingerprint density at radius 3 is 2.59 bits per heavy atom. The van der Waals surface area contributed by atoms with E-state index in [0.717, 1.165) is 22.5 Å². The number of carbonyl (C=O) groups excluding carboxylic acids is 1. The van der Waals surface area contributed by atoms with Gasteiger partial charge in [-0.25, -0.2) is 4.98 Å². The summed E-state index contributed by atoms with van der Waals surface area (Å²) < 4.78 is 1.58. The van der Waals surface area contributed by atoms with Gasteiger partial charge in [0.05, 0.1) is 12.5 Å². The smallest absolute Gasteiger partial charge is 0.254 e. The number of aromatic nitrogens is 4. The highest BCUT2D eigenvalue weighted by Crippen LogP contribution is 2.18. The average Bonchev–Trinajstić information content (AvgIpc) is 3.00. The standard InChI is InChI=1S/C19H25N7O/c1-12-15(13(2)26-19(22-12)23-18(20)24-26)10-17(27)21-11-16(25(3)4)14-8-6-5-7-9-14/h5-9,16H,10-11H2,1-4H3,(H2,20,24)(H,21,27). The van der Waals surface area contributed by atoms with Crippen LogP contribution in [-0.2, 0) is 11.2 Å². The van der Waals surface area contributed by atoms with Crippen LogP contribution in [0.3, 0.4) is 0 Å². The van der Waals surface area contributed by atoms with E-state index in [1.165, 1.54) is 0 Å². The number of nitrogens with zero attached hydrogens (tertiary/aromatic N) is 5. The summed E-state index contributed by atoms with van der Waals surface area (Å²) in [5, 5.41) is 7.18. The average molecular weight is 367 g/mol. The third-order valence-corrected chi connectivity index (χ3v) is 4.70. The van der Waals surface area contributed by atoms with E-state index in [9.17, 15) is 4.79 Å². The van der Waals surface area contributed by atoms with E-state index in [1.807, 2.05) is 46.1 Å². The Balaban J connectivity index is 1.73. The molecule has 2 aromatic heterocycles. The molecule has 0 aliphatic carbocycles. The fourth-order valence-electron chi connectivity index (χ4n) is 3.19. The van der Waals surface area contributed by atoms with E-state index in [4.69, 9.17) is 5.73 Å². The lowest BCUT2D eigenvalue weighted by Gasteiger charge is -2.25. The van der Waals surface area contributed by atoms with E-state index in [-0.39, 0.29) is 24.3 Å². The summed E-state index contributed by atoms with van der Waals surface area (Å²) in [6.07, 6.45) is 0.231. The minimum absolute atomic E-state index is 0.0572. The summed E-state index contributed by atoms with van der Waals surface area (Å²) in [5.74, 6) is 0.560. The fraction of sp³-hybridized carbons (Fsp3) is 0.368. The van der Waals surface area contributed by atoms with Gasteiger partial charge in [0.2, 0.25) is 11.9 Å². The molecular weight excluding hydrogens is 342 g/mol. The van der Waals surface area contributed by atoms with Crippen LogP contribution in [0.4, 0.5) is 5.95 Å². The first kappa shape index (κ1) is 18.8. The Kier molecular flexibility index (Phi) is 5.36. The van der Waals surface area contributed by atoms with Gasteiger partial charge in [-0.15, -0.1) is 5.10 Å². The highest BCUT2D eigenvalue weighted by atomic mass is 16.1. The number of fused-ring (bicyclic) bond motifs is 1. The normalized spacial score (nSPS) is 12.5. The maximum absolute atomic E-state index is 12.6. The molecule has 2 heterocycles. The Labute approximate surface area is 158 Å². The Morgan fingerprint density at radius 1 is 1.22 bits per heavy atom. The largest absolute Gasteiger partial charge is 0.366 e. The van der Waals surface area contributed by atoms with Gasteiger partial charge in [0, 0.05) is 23.5 Å². The van der Waals surface area contributed by atoms with Crippen LogP contribution in [0.1, 0.15) is 28.6 Å². The number of benzene rings is 1. The molecule has 3 N–H and O–H groups in total. The molecule has 27 heavy (non-hydrogen) atoms. The second-order valence-electron chi connectivity index (χ2n) is 6.81. The summed E-state index contributed by atoms with van der Waals surface area (Å²) in [4.78, 5) is 23.2. The van der Waals surface area contributed by atoms with Gasteiger partial charge >= 0.3 is 0 Å². The zero-order chi connectivity index (χ0) is 19.6. The molecule has 0 bridgehead atoms. The van der Waals surface area contributed by atoms with Crippen molar-refractivity contribution in [2.45, 2.75) is 26.3 Å². The number of amides is 1. The third-order valence-electron chi connectivity index (χ3n) is 4.70. The maximum Gasteiger partial charge on any atom is 0.254 e.